The molecule has 20 heavy (non-hydrogen) atoms. The first-order chi connectivity index (χ1) is 9.65. The van der Waals surface area contributed by atoms with E-state index in [1.54, 1.807) is 0 Å². The Balaban J connectivity index is 2.51. The Labute approximate surface area is 120 Å². The topological polar surface area (TPSA) is 50.7 Å². The lowest BCUT2D eigenvalue weighted by atomic mass is 9.93. The number of benzene rings is 1. The zero-order valence-electron chi connectivity index (χ0n) is 11.9. The summed E-state index contributed by atoms with van der Waals surface area (Å²) >= 11 is 0. The normalized spacial score (nSPS) is 18.9. The van der Waals surface area contributed by atoms with Crippen LogP contribution in [-0.2, 0) is 0 Å². The van der Waals surface area contributed by atoms with E-state index < -0.39 is 0 Å². The molecule has 1 aromatic carbocycles. The molecular weight excluding hydrogens is 246 g/mol. The standard InChI is InChI=1S/C17H19N3/c1-12-5-4-6-14(9-12)15-7-8-17(20-11-18)16(10-15)13(2)19-3/h4-10H,3,11,18H2,1-2H3/b16-13-,20-17-. The molecule has 0 radical (unpaired) electrons. The molecule has 0 atom stereocenters. The van der Waals surface area contributed by atoms with Crippen molar-refractivity contribution in [3.8, 4) is 0 Å². The molecule has 0 aromatic heterocycles. The molecule has 2 N–H and O–H groups in total. The largest absolute Gasteiger partial charge is 0.312 e. The van der Waals surface area contributed by atoms with Gasteiger partial charge in [0.1, 0.15) is 0 Å². The second-order valence-corrected chi connectivity index (χ2v) is 4.69. The molecule has 0 unspecified atom stereocenters. The van der Waals surface area contributed by atoms with Gasteiger partial charge in [-0.1, -0.05) is 35.9 Å². The van der Waals surface area contributed by atoms with Crippen molar-refractivity contribution in [1.82, 2.24) is 0 Å². The fourth-order valence-electron chi connectivity index (χ4n) is 2.15. The van der Waals surface area contributed by atoms with Gasteiger partial charge < -0.3 is 5.73 Å². The van der Waals surface area contributed by atoms with Crippen molar-refractivity contribution in [3.05, 3.63) is 64.9 Å². The Morgan fingerprint density at radius 1 is 1.30 bits per heavy atom. The molecule has 1 aliphatic rings. The molecule has 3 nitrogen and oxygen atoms in total. The summed E-state index contributed by atoms with van der Waals surface area (Å²) in [5.74, 6) is 0. The van der Waals surface area contributed by atoms with Gasteiger partial charge in [0.05, 0.1) is 12.4 Å². The minimum absolute atomic E-state index is 0.265. The summed E-state index contributed by atoms with van der Waals surface area (Å²) < 4.78 is 0. The van der Waals surface area contributed by atoms with Crippen molar-refractivity contribution in [1.29, 1.82) is 0 Å². The number of nitrogens with two attached hydrogens (primary N) is 1. The van der Waals surface area contributed by atoms with E-state index in [1.165, 1.54) is 11.1 Å². The minimum Gasteiger partial charge on any atom is -0.312 e. The molecule has 0 saturated heterocycles. The molecule has 1 aromatic rings. The van der Waals surface area contributed by atoms with Crippen LogP contribution in [0.15, 0.2) is 63.7 Å². The predicted octanol–water partition coefficient (Wildman–Crippen LogP) is 3.28. The summed E-state index contributed by atoms with van der Waals surface area (Å²) in [5, 5.41) is 0. The average molecular weight is 265 g/mol. The zero-order valence-corrected chi connectivity index (χ0v) is 11.9. The third-order valence-electron chi connectivity index (χ3n) is 3.24. The van der Waals surface area contributed by atoms with Gasteiger partial charge in [0, 0.05) is 11.3 Å². The average Bonchev–Trinajstić information content (AvgIpc) is 2.47. The van der Waals surface area contributed by atoms with Crippen LogP contribution in [0.1, 0.15) is 18.1 Å². The summed E-state index contributed by atoms with van der Waals surface area (Å²) in [5.41, 5.74) is 11.8. The van der Waals surface area contributed by atoms with E-state index in [4.69, 9.17) is 5.73 Å². The molecule has 0 aliphatic heterocycles. The lowest BCUT2D eigenvalue weighted by Crippen LogP contribution is -2.08. The molecule has 3 heteroatoms. The molecule has 1 aliphatic carbocycles. The third kappa shape index (κ3) is 3.00. The Morgan fingerprint density at radius 3 is 2.75 bits per heavy atom. The zero-order chi connectivity index (χ0) is 14.5. The van der Waals surface area contributed by atoms with Crippen molar-refractivity contribution in [2.24, 2.45) is 15.7 Å². The summed E-state index contributed by atoms with van der Waals surface area (Å²) in [4.78, 5) is 8.32. The van der Waals surface area contributed by atoms with Crippen LogP contribution in [0.25, 0.3) is 5.57 Å². The number of hydrogen-bond acceptors (Lipinski definition) is 3. The van der Waals surface area contributed by atoms with Crippen molar-refractivity contribution < 1.29 is 0 Å². The SMILES string of the molecule is C=N/C(C)=C1/C=C(c2cccc(C)c2)C=C/C1=N/CN. The third-order valence-corrected chi connectivity index (χ3v) is 3.24. The van der Waals surface area contributed by atoms with Crippen molar-refractivity contribution in [2.45, 2.75) is 13.8 Å². The fraction of sp³-hybridized carbons (Fsp3) is 0.176. The Bertz CT molecular complexity index is 646. The second-order valence-electron chi connectivity index (χ2n) is 4.69. The first-order valence-corrected chi connectivity index (χ1v) is 6.55. The minimum atomic E-state index is 0.265. The first kappa shape index (κ1) is 14.2. The maximum absolute atomic E-state index is 5.52. The van der Waals surface area contributed by atoms with Crippen LogP contribution in [0.4, 0.5) is 0 Å². The van der Waals surface area contributed by atoms with Crippen LogP contribution >= 0.6 is 0 Å². The molecule has 0 amide bonds. The number of aliphatic imine (C=N–C) groups is 2. The van der Waals surface area contributed by atoms with Gasteiger partial charge in [0.15, 0.2) is 0 Å². The van der Waals surface area contributed by atoms with Gasteiger partial charge in [0.25, 0.3) is 0 Å². The quantitative estimate of drug-likeness (QED) is 0.838. The number of aryl methyl sites for hydroxylation is 1. The van der Waals surface area contributed by atoms with Crippen LogP contribution in [0, 0.1) is 6.92 Å². The van der Waals surface area contributed by atoms with Gasteiger partial charge in [-0.25, -0.2) is 0 Å². The van der Waals surface area contributed by atoms with E-state index in [-0.39, 0.29) is 6.67 Å². The van der Waals surface area contributed by atoms with E-state index in [2.05, 4.69) is 60.0 Å². The maximum Gasteiger partial charge on any atom is 0.0866 e. The lowest BCUT2D eigenvalue weighted by molar-refractivity contribution is 1.07. The number of rotatable bonds is 3. The highest BCUT2D eigenvalue weighted by Gasteiger charge is 2.12. The Morgan fingerprint density at radius 2 is 2.10 bits per heavy atom. The number of hydrogen-bond donors (Lipinski definition) is 1. The molecule has 0 spiro atoms. The van der Waals surface area contributed by atoms with Crippen LogP contribution in [0.3, 0.4) is 0 Å². The summed E-state index contributed by atoms with van der Waals surface area (Å²) in [6.07, 6.45) is 6.13. The Kier molecular flexibility index (Phi) is 4.43. The lowest BCUT2D eigenvalue weighted by Gasteiger charge is -2.14. The summed E-state index contributed by atoms with van der Waals surface area (Å²) in [7, 11) is 0. The first-order valence-electron chi connectivity index (χ1n) is 6.55. The van der Waals surface area contributed by atoms with Gasteiger partial charge in [-0.3, -0.25) is 9.98 Å². The van der Waals surface area contributed by atoms with Crippen molar-refractivity contribution in [2.75, 3.05) is 6.67 Å². The van der Waals surface area contributed by atoms with Gasteiger partial charge in [-0.2, -0.15) is 0 Å². The van der Waals surface area contributed by atoms with Gasteiger partial charge >= 0.3 is 0 Å². The number of allylic oxidation sites excluding steroid dienone is 6. The molecule has 0 fully saturated rings. The predicted molar refractivity (Wildman–Crippen MR) is 87.0 cm³/mol. The number of nitrogens with zero attached hydrogens (tertiary/aromatic N) is 2. The second kappa shape index (κ2) is 6.26. The van der Waals surface area contributed by atoms with E-state index in [1.807, 2.05) is 13.0 Å². The van der Waals surface area contributed by atoms with E-state index in [0.717, 1.165) is 22.6 Å². The molecule has 0 heterocycles. The van der Waals surface area contributed by atoms with Gasteiger partial charge in [-0.05, 0) is 43.9 Å². The molecule has 0 bridgehead atoms. The van der Waals surface area contributed by atoms with Gasteiger partial charge in [0.2, 0.25) is 0 Å². The van der Waals surface area contributed by atoms with Crippen molar-refractivity contribution >= 4 is 18.0 Å². The highest BCUT2D eigenvalue weighted by atomic mass is 14.9. The molecule has 2 rings (SSSR count). The van der Waals surface area contributed by atoms with Gasteiger partial charge in [-0.15, -0.1) is 0 Å². The van der Waals surface area contributed by atoms with Crippen LogP contribution in [-0.4, -0.2) is 19.1 Å². The molecule has 102 valence electrons. The Hall–Kier alpha value is -2.26. The smallest absolute Gasteiger partial charge is 0.0866 e. The molecular formula is C17H19N3. The highest BCUT2D eigenvalue weighted by molar-refractivity contribution is 6.15. The summed E-state index contributed by atoms with van der Waals surface area (Å²) in [6, 6.07) is 8.41. The van der Waals surface area contributed by atoms with Crippen LogP contribution < -0.4 is 5.73 Å². The fourth-order valence-corrected chi connectivity index (χ4v) is 2.15. The monoisotopic (exact) mass is 265 g/mol. The summed E-state index contributed by atoms with van der Waals surface area (Å²) in [6.45, 7) is 7.88. The van der Waals surface area contributed by atoms with E-state index >= 15 is 0 Å². The van der Waals surface area contributed by atoms with E-state index in [9.17, 15) is 0 Å². The van der Waals surface area contributed by atoms with Crippen molar-refractivity contribution in [3.63, 3.8) is 0 Å². The maximum atomic E-state index is 5.52. The highest BCUT2D eigenvalue weighted by Crippen LogP contribution is 2.25. The molecule has 0 saturated carbocycles. The van der Waals surface area contributed by atoms with E-state index in [0.29, 0.717) is 0 Å². The van der Waals surface area contributed by atoms with Crippen LogP contribution in [0.5, 0.6) is 0 Å². The van der Waals surface area contributed by atoms with Crippen LogP contribution in [0.2, 0.25) is 0 Å².